The third kappa shape index (κ3) is 4.29. The van der Waals surface area contributed by atoms with Crippen molar-refractivity contribution in [2.24, 2.45) is 0 Å². The molecule has 0 radical (unpaired) electrons. The number of rotatable bonds is 6. The Morgan fingerprint density at radius 1 is 0.958 bits per heavy atom. The van der Waals surface area contributed by atoms with Crippen molar-refractivity contribution in [3.05, 3.63) is 83.9 Å². The Kier molecular flexibility index (Phi) is 5.01. The lowest BCUT2D eigenvalue weighted by atomic mass is 10.1. The molecule has 0 aliphatic carbocycles. The summed E-state index contributed by atoms with van der Waals surface area (Å²) in [4.78, 5) is 8.48. The zero-order valence-electron chi connectivity index (χ0n) is 13.4. The number of hydrogen-bond donors (Lipinski definition) is 2. The first-order valence-electron chi connectivity index (χ1n) is 7.82. The number of nitrogens with one attached hydrogen (secondary N) is 2. The Labute approximate surface area is 140 Å². The summed E-state index contributed by atoms with van der Waals surface area (Å²) < 4.78 is 12.9. The van der Waals surface area contributed by atoms with Gasteiger partial charge in [0.2, 0.25) is 0 Å². The first-order chi connectivity index (χ1) is 11.7. The lowest BCUT2D eigenvalue weighted by molar-refractivity contribution is 0.627. The van der Waals surface area contributed by atoms with E-state index in [1.165, 1.54) is 24.0 Å². The molecule has 1 atom stereocenters. The molecule has 122 valence electrons. The molecule has 0 amide bonds. The van der Waals surface area contributed by atoms with Crippen molar-refractivity contribution in [2.45, 2.75) is 19.5 Å². The van der Waals surface area contributed by atoms with Crippen LogP contribution in [0.2, 0.25) is 0 Å². The van der Waals surface area contributed by atoms with Crippen LogP contribution in [0.3, 0.4) is 0 Å². The summed E-state index contributed by atoms with van der Waals surface area (Å²) in [6.07, 6.45) is 1.52. The van der Waals surface area contributed by atoms with Crippen LogP contribution in [-0.4, -0.2) is 9.97 Å². The molecule has 0 spiro atoms. The van der Waals surface area contributed by atoms with Crippen LogP contribution < -0.4 is 10.6 Å². The number of hydrogen-bond acceptors (Lipinski definition) is 4. The van der Waals surface area contributed by atoms with Crippen LogP contribution in [0.5, 0.6) is 0 Å². The van der Waals surface area contributed by atoms with Crippen molar-refractivity contribution in [3.8, 4) is 0 Å². The van der Waals surface area contributed by atoms with Gasteiger partial charge >= 0.3 is 0 Å². The fraction of sp³-hybridized carbons (Fsp3) is 0.158. The van der Waals surface area contributed by atoms with E-state index in [9.17, 15) is 4.39 Å². The highest BCUT2D eigenvalue weighted by Gasteiger charge is 2.06. The predicted molar refractivity (Wildman–Crippen MR) is 94.2 cm³/mol. The monoisotopic (exact) mass is 322 g/mol. The maximum Gasteiger partial charge on any atom is 0.131 e. The number of anilines is 2. The van der Waals surface area contributed by atoms with Gasteiger partial charge < -0.3 is 10.6 Å². The van der Waals surface area contributed by atoms with Gasteiger partial charge in [-0.2, -0.15) is 0 Å². The Bertz CT molecular complexity index is 775. The minimum atomic E-state index is -0.234. The highest BCUT2D eigenvalue weighted by Crippen LogP contribution is 2.18. The molecular weight excluding hydrogens is 303 g/mol. The van der Waals surface area contributed by atoms with Gasteiger partial charge in [0.1, 0.15) is 23.8 Å². The summed E-state index contributed by atoms with van der Waals surface area (Å²) in [6.45, 7) is 2.66. The first kappa shape index (κ1) is 15.9. The molecule has 0 fully saturated rings. The van der Waals surface area contributed by atoms with E-state index in [4.69, 9.17) is 0 Å². The van der Waals surface area contributed by atoms with Crippen LogP contribution in [0.4, 0.5) is 16.0 Å². The summed E-state index contributed by atoms with van der Waals surface area (Å²) in [5.74, 6) is 1.24. The van der Waals surface area contributed by atoms with Gasteiger partial charge in [-0.05, 0) is 30.2 Å². The van der Waals surface area contributed by atoms with Crippen molar-refractivity contribution in [2.75, 3.05) is 10.6 Å². The normalized spacial score (nSPS) is 11.8. The van der Waals surface area contributed by atoms with E-state index in [0.717, 1.165) is 17.2 Å². The van der Waals surface area contributed by atoms with Gasteiger partial charge in [-0.25, -0.2) is 14.4 Å². The van der Waals surface area contributed by atoms with Crippen LogP contribution in [0.15, 0.2) is 67.0 Å². The molecule has 5 heteroatoms. The molecule has 1 heterocycles. The summed E-state index contributed by atoms with van der Waals surface area (Å²) in [7, 11) is 0. The zero-order chi connectivity index (χ0) is 16.8. The highest BCUT2D eigenvalue weighted by molar-refractivity contribution is 5.48. The predicted octanol–water partition coefficient (Wildman–Crippen LogP) is 4.40. The Hall–Kier alpha value is -2.95. The minimum Gasteiger partial charge on any atom is -0.366 e. The average molecular weight is 322 g/mol. The molecule has 3 aromatic rings. The number of benzene rings is 2. The summed E-state index contributed by atoms with van der Waals surface area (Å²) in [6, 6.07) is 18.6. The van der Waals surface area contributed by atoms with E-state index in [1.54, 1.807) is 12.1 Å². The van der Waals surface area contributed by atoms with Gasteiger partial charge in [0, 0.05) is 18.7 Å². The molecule has 1 unspecified atom stereocenters. The quantitative estimate of drug-likeness (QED) is 0.706. The largest absolute Gasteiger partial charge is 0.366 e. The Morgan fingerprint density at radius 2 is 1.67 bits per heavy atom. The van der Waals surface area contributed by atoms with E-state index >= 15 is 0 Å². The maximum atomic E-state index is 12.9. The van der Waals surface area contributed by atoms with Gasteiger partial charge in [-0.15, -0.1) is 0 Å². The first-order valence-corrected chi connectivity index (χ1v) is 7.82. The third-order valence-electron chi connectivity index (χ3n) is 3.72. The molecule has 4 nitrogen and oxygen atoms in total. The SMILES string of the molecule is CC(Nc1cc(NCc2ccc(F)cc2)ncn1)c1ccccc1. The molecule has 0 aliphatic rings. The second-order valence-corrected chi connectivity index (χ2v) is 5.55. The van der Waals surface area contributed by atoms with Gasteiger partial charge in [-0.1, -0.05) is 42.5 Å². The molecule has 0 saturated carbocycles. The molecule has 0 bridgehead atoms. The Morgan fingerprint density at radius 3 is 2.42 bits per heavy atom. The van der Waals surface area contributed by atoms with E-state index in [1.807, 2.05) is 24.3 Å². The molecule has 0 saturated heterocycles. The number of halogens is 1. The minimum absolute atomic E-state index is 0.144. The second kappa shape index (κ2) is 7.55. The average Bonchev–Trinajstić information content (AvgIpc) is 2.62. The molecule has 2 aromatic carbocycles. The van der Waals surface area contributed by atoms with E-state index in [0.29, 0.717) is 6.54 Å². The van der Waals surface area contributed by atoms with Crippen molar-refractivity contribution >= 4 is 11.6 Å². The fourth-order valence-corrected chi connectivity index (χ4v) is 2.37. The van der Waals surface area contributed by atoms with Crippen LogP contribution >= 0.6 is 0 Å². The summed E-state index contributed by atoms with van der Waals surface area (Å²) >= 11 is 0. The fourth-order valence-electron chi connectivity index (χ4n) is 2.37. The molecule has 0 aliphatic heterocycles. The van der Waals surface area contributed by atoms with Crippen molar-refractivity contribution in [1.82, 2.24) is 9.97 Å². The standard InChI is InChI=1S/C19H19FN4/c1-14(16-5-3-2-4-6-16)24-19-11-18(22-13-23-19)21-12-15-7-9-17(20)10-8-15/h2-11,13-14H,12H2,1H3,(H2,21,22,23,24). The number of aromatic nitrogens is 2. The molecule has 24 heavy (non-hydrogen) atoms. The zero-order valence-corrected chi connectivity index (χ0v) is 13.4. The van der Waals surface area contributed by atoms with Gasteiger partial charge in [0.25, 0.3) is 0 Å². The smallest absolute Gasteiger partial charge is 0.131 e. The third-order valence-corrected chi connectivity index (χ3v) is 3.72. The number of nitrogens with zero attached hydrogens (tertiary/aromatic N) is 2. The highest BCUT2D eigenvalue weighted by atomic mass is 19.1. The van der Waals surface area contributed by atoms with Crippen LogP contribution in [-0.2, 0) is 6.54 Å². The van der Waals surface area contributed by atoms with Gasteiger partial charge in [0.15, 0.2) is 0 Å². The topological polar surface area (TPSA) is 49.8 Å². The molecule has 1 aromatic heterocycles. The van der Waals surface area contributed by atoms with Crippen LogP contribution in [0.25, 0.3) is 0 Å². The van der Waals surface area contributed by atoms with Gasteiger partial charge in [0.05, 0.1) is 0 Å². The van der Waals surface area contributed by atoms with Gasteiger partial charge in [-0.3, -0.25) is 0 Å². The van der Waals surface area contributed by atoms with E-state index < -0.39 is 0 Å². The molecule has 2 N–H and O–H groups in total. The molecular formula is C19H19FN4. The second-order valence-electron chi connectivity index (χ2n) is 5.55. The molecule has 3 rings (SSSR count). The van der Waals surface area contributed by atoms with Crippen LogP contribution in [0.1, 0.15) is 24.1 Å². The van der Waals surface area contributed by atoms with E-state index in [2.05, 4.69) is 39.7 Å². The lowest BCUT2D eigenvalue weighted by Gasteiger charge is -2.15. The maximum absolute atomic E-state index is 12.9. The summed E-state index contributed by atoms with van der Waals surface area (Å²) in [5, 5.41) is 6.58. The Balaban J connectivity index is 1.62. The van der Waals surface area contributed by atoms with Crippen molar-refractivity contribution < 1.29 is 4.39 Å². The lowest BCUT2D eigenvalue weighted by Crippen LogP contribution is -2.09. The van der Waals surface area contributed by atoms with Crippen LogP contribution in [0, 0.1) is 5.82 Å². The summed E-state index contributed by atoms with van der Waals surface area (Å²) in [5.41, 5.74) is 2.18. The van der Waals surface area contributed by atoms with Crippen molar-refractivity contribution in [1.29, 1.82) is 0 Å². The van der Waals surface area contributed by atoms with E-state index in [-0.39, 0.29) is 11.9 Å². The van der Waals surface area contributed by atoms with Crippen molar-refractivity contribution in [3.63, 3.8) is 0 Å².